The number of aliphatic carboxylic acids is 1. The second kappa shape index (κ2) is 7.37. The van der Waals surface area contributed by atoms with E-state index >= 15 is 0 Å². The Morgan fingerprint density at radius 1 is 1.29 bits per heavy atom. The molecule has 1 saturated carbocycles. The molecule has 1 aromatic carbocycles. The molecule has 4 rings (SSSR count). The quantitative estimate of drug-likeness (QED) is 0.856. The lowest BCUT2D eigenvalue weighted by molar-refractivity contribution is -0.141. The molecule has 7 heteroatoms. The lowest BCUT2D eigenvalue weighted by Crippen LogP contribution is -2.38. The van der Waals surface area contributed by atoms with Crippen molar-refractivity contribution in [1.29, 1.82) is 0 Å². The molecule has 1 N–H and O–H groups in total. The number of carbonyl (C=O) groups is 2. The zero-order valence-corrected chi connectivity index (χ0v) is 16.1. The highest BCUT2D eigenvalue weighted by molar-refractivity contribution is 5.98. The second-order valence-electron chi connectivity index (χ2n) is 7.96. The summed E-state index contributed by atoms with van der Waals surface area (Å²) in [5, 5.41) is 9.73. The minimum atomic E-state index is -0.908. The van der Waals surface area contributed by atoms with Crippen LogP contribution in [0.25, 0.3) is 10.9 Å². The number of fused-ring (bicyclic) bond motifs is 2. The molecule has 0 spiro atoms. The highest BCUT2D eigenvalue weighted by Crippen LogP contribution is 2.29. The Balaban J connectivity index is 1.69. The van der Waals surface area contributed by atoms with Crippen molar-refractivity contribution in [1.82, 2.24) is 14.5 Å². The first kappa shape index (κ1) is 18.7. The van der Waals surface area contributed by atoms with Gasteiger partial charge < -0.3 is 10.0 Å². The summed E-state index contributed by atoms with van der Waals surface area (Å²) in [6.07, 6.45) is 5.65. The van der Waals surface area contributed by atoms with Crippen LogP contribution in [0.15, 0.2) is 23.0 Å². The van der Waals surface area contributed by atoms with Gasteiger partial charge in [-0.2, -0.15) is 0 Å². The van der Waals surface area contributed by atoms with Crippen molar-refractivity contribution in [3.8, 4) is 0 Å². The van der Waals surface area contributed by atoms with Gasteiger partial charge >= 0.3 is 5.97 Å². The van der Waals surface area contributed by atoms with E-state index in [-0.39, 0.29) is 24.1 Å². The molecular weight excluding hydrogens is 358 g/mol. The first-order valence-electron chi connectivity index (χ1n) is 10.0. The molecule has 1 amide bonds. The van der Waals surface area contributed by atoms with Gasteiger partial charge in [-0.1, -0.05) is 13.3 Å². The normalized spacial score (nSPS) is 17.6. The highest BCUT2D eigenvalue weighted by Gasteiger charge is 2.35. The molecule has 1 aliphatic carbocycles. The number of hydrogen-bond acceptors (Lipinski definition) is 4. The number of aromatic nitrogens is 2. The molecule has 28 heavy (non-hydrogen) atoms. The molecule has 2 aromatic rings. The SMILES string of the molecule is CC(CN(C(=O)c1ccc2c(=O)n3c(nc2c1)CCCCC3)C1CC1)C(=O)O. The zero-order chi connectivity index (χ0) is 19.8. The van der Waals surface area contributed by atoms with Crippen molar-refractivity contribution < 1.29 is 14.7 Å². The summed E-state index contributed by atoms with van der Waals surface area (Å²) in [5.74, 6) is -0.926. The van der Waals surface area contributed by atoms with Gasteiger partial charge in [0.2, 0.25) is 0 Å². The third-order valence-corrected chi connectivity index (χ3v) is 5.70. The van der Waals surface area contributed by atoms with Crippen molar-refractivity contribution in [3.63, 3.8) is 0 Å². The lowest BCUT2D eigenvalue weighted by atomic mass is 10.1. The molecule has 1 aliphatic heterocycles. The van der Waals surface area contributed by atoms with E-state index in [2.05, 4.69) is 4.98 Å². The van der Waals surface area contributed by atoms with E-state index in [9.17, 15) is 19.5 Å². The summed E-state index contributed by atoms with van der Waals surface area (Å²) in [6, 6.07) is 5.14. The summed E-state index contributed by atoms with van der Waals surface area (Å²) in [7, 11) is 0. The van der Waals surface area contributed by atoms with Crippen LogP contribution in [-0.2, 0) is 17.8 Å². The van der Waals surface area contributed by atoms with Crippen molar-refractivity contribution in [3.05, 3.63) is 39.9 Å². The van der Waals surface area contributed by atoms with Gasteiger partial charge in [0.1, 0.15) is 5.82 Å². The number of hydrogen-bond donors (Lipinski definition) is 1. The highest BCUT2D eigenvalue weighted by atomic mass is 16.4. The van der Waals surface area contributed by atoms with Crippen molar-refractivity contribution in [2.24, 2.45) is 5.92 Å². The number of amides is 1. The molecule has 7 nitrogen and oxygen atoms in total. The maximum absolute atomic E-state index is 13.1. The molecule has 2 aliphatic rings. The molecule has 0 bridgehead atoms. The third kappa shape index (κ3) is 3.53. The van der Waals surface area contributed by atoms with Crippen LogP contribution in [0.2, 0.25) is 0 Å². The van der Waals surface area contributed by atoms with Crippen LogP contribution >= 0.6 is 0 Å². The third-order valence-electron chi connectivity index (χ3n) is 5.70. The first-order chi connectivity index (χ1) is 13.5. The topological polar surface area (TPSA) is 92.5 Å². The van der Waals surface area contributed by atoms with Gasteiger partial charge in [-0.25, -0.2) is 4.98 Å². The average Bonchev–Trinajstić information content (AvgIpc) is 3.52. The molecule has 1 atom stereocenters. The van der Waals surface area contributed by atoms with Crippen LogP contribution in [0.4, 0.5) is 0 Å². The summed E-state index contributed by atoms with van der Waals surface area (Å²) in [4.78, 5) is 43.5. The van der Waals surface area contributed by atoms with Gasteiger partial charge in [-0.05, 0) is 43.9 Å². The van der Waals surface area contributed by atoms with Crippen molar-refractivity contribution >= 4 is 22.8 Å². The zero-order valence-electron chi connectivity index (χ0n) is 16.1. The van der Waals surface area contributed by atoms with Crippen molar-refractivity contribution in [2.75, 3.05) is 6.54 Å². The van der Waals surface area contributed by atoms with Crippen LogP contribution in [0.5, 0.6) is 0 Å². The monoisotopic (exact) mass is 383 g/mol. The van der Waals surface area contributed by atoms with Crippen LogP contribution in [0, 0.1) is 5.92 Å². The number of aryl methyl sites for hydroxylation is 1. The molecule has 1 fully saturated rings. The average molecular weight is 383 g/mol. The van der Waals surface area contributed by atoms with Gasteiger partial charge in [0.15, 0.2) is 0 Å². The Kier molecular flexibility index (Phi) is 4.91. The predicted octanol–water partition coefficient (Wildman–Crippen LogP) is 2.45. The molecular formula is C21H25N3O4. The van der Waals surface area contributed by atoms with E-state index in [0.717, 1.165) is 44.3 Å². The molecule has 1 unspecified atom stereocenters. The maximum Gasteiger partial charge on any atom is 0.308 e. The Bertz CT molecular complexity index is 993. The minimum absolute atomic E-state index is 0.0422. The van der Waals surface area contributed by atoms with E-state index in [1.54, 1.807) is 34.6 Å². The summed E-state index contributed by atoms with van der Waals surface area (Å²) >= 11 is 0. The van der Waals surface area contributed by atoms with Gasteiger partial charge in [0, 0.05) is 31.1 Å². The molecule has 1 aromatic heterocycles. The van der Waals surface area contributed by atoms with E-state index in [1.165, 1.54) is 0 Å². The first-order valence-corrected chi connectivity index (χ1v) is 10.0. The largest absolute Gasteiger partial charge is 0.481 e. The predicted molar refractivity (Wildman–Crippen MR) is 104 cm³/mol. The van der Waals surface area contributed by atoms with E-state index in [1.807, 2.05) is 0 Å². The van der Waals surface area contributed by atoms with E-state index < -0.39 is 11.9 Å². The van der Waals surface area contributed by atoms with E-state index in [4.69, 9.17) is 0 Å². The maximum atomic E-state index is 13.1. The number of nitrogens with zero attached hydrogens (tertiary/aromatic N) is 3. The standard InChI is InChI=1S/C21H25N3O4/c1-13(21(27)28)12-24(15-7-8-15)19(25)14-6-9-16-17(11-14)22-18-5-3-2-4-10-23(18)20(16)26/h6,9,11,13,15H,2-5,7-8,10,12H2,1H3,(H,27,28). The molecule has 148 valence electrons. The Morgan fingerprint density at radius 3 is 2.79 bits per heavy atom. The second-order valence-corrected chi connectivity index (χ2v) is 7.96. The summed E-state index contributed by atoms with van der Waals surface area (Å²) < 4.78 is 1.77. The van der Waals surface area contributed by atoms with Crippen molar-refractivity contribution in [2.45, 2.75) is 58.0 Å². The Morgan fingerprint density at radius 2 is 2.07 bits per heavy atom. The van der Waals surface area contributed by atoms with Gasteiger partial charge in [-0.3, -0.25) is 19.0 Å². The van der Waals surface area contributed by atoms with Crippen LogP contribution in [-0.4, -0.2) is 44.0 Å². The smallest absolute Gasteiger partial charge is 0.308 e. The summed E-state index contributed by atoms with van der Waals surface area (Å²) in [6.45, 7) is 2.50. The molecule has 0 radical (unpaired) electrons. The van der Waals surface area contributed by atoms with E-state index in [0.29, 0.717) is 23.0 Å². The van der Waals surface area contributed by atoms with Gasteiger partial charge in [-0.15, -0.1) is 0 Å². The lowest BCUT2D eigenvalue weighted by Gasteiger charge is -2.24. The van der Waals surface area contributed by atoms with Crippen LogP contribution in [0.1, 0.15) is 55.2 Å². The van der Waals surface area contributed by atoms with Gasteiger partial charge in [0.25, 0.3) is 11.5 Å². The van der Waals surface area contributed by atoms with Gasteiger partial charge in [0.05, 0.1) is 16.8 Å². The minimum Gasteiger partial charge on any atom is -0.481 e. The summed E-state index contributed by atoms with van der Waals surface area (Å²) in [5.41, 5.74) is 0.966. The number of carbonyl (C=O) groups excluding carboxylic acids is 1. The fourth-order valence-corrected chi connectivity index (χ4v) is 3.87. The van der Waals surface area contributed by atoms with Crippen LogP contribution in [0.3, 0.4) is 0 Å². The molecule has 0 saturated heterocycles. The fraction of sp³-hybridized carbons (Fsp3) is 0.524. The number of rotatable bonds is 5. The fourth-order valence-electron chi connectivity index (χ4n) is 3.87. The Hall–Kier alpha value is -2.70. The number of benzene rings is 1. The number of carboxylic acids is 1. The Labute approximate surface area is 163 Å². The molecule has 2 heterocycles. The number of carboxylic acid groups (broad SMARTS) is 1. The van der Waals surface area contributed by atoms with Crippen LogP contribution < -0.4 is 5.56 Å².